The number of anilines is 1. The normalized spacial score (nSPS) is 11.1. The van der Waals surface area contributed by atoms with Crippen molar-refractivity contribution in [3.63, 3.8) is 0 Å². The van der Waals surface area contributed by atoms with Crippen molar-refractivity contribution in [2.45, 2.75) is 18.4 Å². The van der Waals surface area contributed by atoms with Gasteiger partial charge in [-0.05, 0) is 48.4 Å². The molecule has 0 aliphatic rings. The van der Waals surface area contributed by atoms with Gasteiger partial charge in [0.05, 0.1) is 17.7 Å². The molecule has 0 atom stereocenters. The molecule has 0 unspecified atom stereocenters. The summed E-state index contributed by atoms with van der Waals surface area (Å²) in [5, 5.41) is 3.35. The third kappa shape index (κ3) is 4.84. The van der Waals surface area contributed by atoms with E-state index in [0.717, 1.165) is 9.87 Å². The van der Waals surface area contributed by atoms with Gasteiger partial charge in [0.2, 0.25) is 0 Å². The lowest BCUT2D eigenvalue weighted by atomic mass is 10.1. The maximum absolute atomic E-state index is 13.2. The molecule has 0 fully saturated rings. The molecule has 0 saturated heterocycles. The SMILES string of the molecule is COc1ccccc1N(C)S(=O)(=O)c1ccc(C)c(C(=O)NCc2ccccc2Cl)c1. The third-order valence-electron chi connectivity index (χ3n) is 4.93. The molecule has 3 rings (SSSR count). The number of hydrogen-bond donors (Lipinski definition) is 1. The fourth-order valence-electron chi connectivity index (χ4n) is 3.10. The van der Waals surface area contributed by atoms with Gasteiger partial charge < -0.3 is 10.1 Å². The van der Waals surface area contributed by atoms with Crippen molar-refractivity contribution in [2.24, 2.45) is 0 Å². The number of carbonyl (C=O) groups is 1. The number of halogens is 1. The van der Waals surface area contributed by atoms with Crippen molar-refractivity contribution in [1.82, 2.24) is 5.32 Å². The Kier molecular flexibility index (Phi) is 6.87. The average Bonchev–Trinajstić information content (AvgIpc) is 2.77. The Morgan fingerprint density at radius 2 is 1.74 bits per heavy atom. The number of methoxy groups -OCH3 is 1. The van der Waals surface area contributed by atoms with Gasteiger partial charge in [0.25, 0.3) is 15.9 Å². The van der Waals surface area contributed by atoms with Crippen molar-refractivity contribution in [1.29, 1.82) is 0 Å². The summed E-state index contributed by atoms with van der Waals surface area (Å²) in [7, 11) is -0.992. The van der Waals surface area contributed by atoms with Crippen LogP contribution in [-0.4, -0.2) is 28.5 Å². The monoisotopic (exact) mass is 458 g/mol. The number of benzene rings is 3. The number of amides is 1. The number of sulfonamides is 1. The molecule has 0 aliphatic carbocycles. The molecule has 6 nitrogen and oxygen atoms in total. The van der Waals surface area contributed by atoms with Gasteiger partial charge in [-0.2, -0.15) is 0 Å². The van der Waals surface area contributed by atoms with Crippen LogP contribution in [-0.2, 0) is 16.6 Å². The van der Waals surface area contributed by atoms with Gasteiger partial charge in [0.1, 0.15) is 5.75 Å². The molecule has 0 spiro atoms. The van der Waals surface area contributed by atoms with Crippen LogP contribution < -0.4 is 14.4 Å². The van der Waals surface area contributed by atoms with E-state index < -0.39 is 10.0 Å². The Bertz CT molecular complexity index is 1210. The highest BCUT2D eigenvalue weighted by Gasteiger charge is 2.25. The summed E-state index contributed by atoms with van der Waals surface area (Å²) >= 11 is 6.14. The van der Waals surface area contributed by atoms with Crippen molar-refractivity contribution in [2.75, 3.05) is 18.5 Å². The van der Waals surface area contributed by atoms with Crippen molar-refractivity contribution in [3.8, 4) is 5.75 Å². The predicted molar refractivity (Wildman–Crippen MR) is 122 cm³/mol. The summed E-state index contributed by atoms with van der Waals surface area (Å²) in [6, 6.07) is 18.5. The van der Waals surface area contributed by atoms with Crippen LogP contribution in [0.15, 0.2) is 71.6 Å². The molecule has 162 valence electrons. The Hall–Kier alpha value is -3.03. The first-order valence-corrected chi connectivity index (χ1v) is 11.3. The van der Waals surface area contributed by atoms with Crippen LogP contribution in [0.25, 0.3) is 0 Å². The number of hydrogen-bond acceptors (Lipinski definition) is 4. The van der Waals surface area contributed by atoms with Gasteiger partial charge in [-0.15, -0.1) is 0 Å². The summed E-state index contributed by atoms with van der Waals surface area (Å²) in [4.78, 5) is 12.8. The Morgan fingerprint density at radius 3 is 2.45 bits per heavy atom. The quantitative estimate of drug-likeness (QED) is 0.569. The molecule has 0 radical (unpaired) electrons. The maximum Gasteiger partial charge on any atom is 0.264 e. The maximum atomic E-state index is 13.2. The molecule has 1 amide bonds. The van der Waals surface area contributed by atoms with Crippen LogP contribution in [0.2, 0.25) is 5.02 Å². The third-order valence-corrected chi connectivity index (χ3v) is 7.07. The van der Waals surface area contributed by atoms with Crippen LogP contribution in [0, 0.1) is 6.92 Å². The lowest BCUT2D eigenvalue weighted by Gasteiger charge is -2.22. The molecular weight excluding hydrogens is 436 g/mol. The minimum atomic E-state index is -3.92. The smallest absolute Gasteiger partial charge is 0.264 e. The second-order valence-corrected chi connectivity index (χ2v) is 9.27. The fourth-order valence-corrected chi connectivity index (χ4v) is 4.53. The molecule has 0 heterocycles. The molecular formula is C23H23ClN2O4S. The van der Waals surface area contributed by atoms with Gasteiger partial charge in [0, 0.05) is 24.2 Å². The van der Waals surface area contributed by atoms with E-state index in [9.17, 15) is 13.2 Å². The molecule has 3 aromatic rings. The zero-order chi connectivity index (χ0) is 22.6. The second-order valence-electron chi connectivity index (χ2n) is 6.90. The van der Waals surface area contributed by atoms with Gasteiger partial charge in [-0.1, -0.05) is 48.0 Å². The summed E-state index contributed by atoms with van der Waals surface area (Å²) in [5.41, 5.74) is 2.11. The first-order chi connectivity index (χ1) is 14.8. The largest absolute Gasteiger partial charge is 0.495 e. The van der Waals surface area contributed by atoms with Crippen LogP contribution in [0.3, 0.4) is 0 Å². The number of rotatable bonds is 7. The van der Waals surface area contributed by atoms with E-state index in [0.29, 0.717) is 22.0 Å². The van der Waals surface area contributed by atoms with E-state index in [1.54, 1.807) is 43.3 Å². The predicted octanol–water partition coefficient (Wildman–Crippen LogP) is 4.41. The molecule has 0 saturated carbocycles. The highest BCUT2D eigenvalue weighted by molar-refractivity contribution is 7.92. The lowest BCUT2D eigenvalue weighted by molar-refractivity contribution is 0.0950. The van der Waals surface area contributed by atoms with E-state index in [1.807, 2.05) is 18.2 Å². The van der Waals surface area contributed by atoms with E-state index in [-0.39, 0.29) is 22.9 Å². The minimum Gasteiger partial charge on any atom is -0.495 e. The number of para-hydroxylation sites is 2. The molecule has 0 aliphatic heterocycles. The molecule has 0 aromatic heterocycles. The molecule has 8 heteroatoms. The van der Waals surface area contributed by atoms with Crippen LogP contribution in [0.5, 0.6) is 5.75 Å². The number of nitrogens with one attached hydrogen (secondary N) is 1. The minimum absolute atomic E-state index is 0.00870. The van der Waals surface area contributed by atoms with Gasteiger partial charge in [0.15, 0.2) is 0 Å². The van der Waals surface area contributed by atoms with Crippen LogP contribution in [0.4, 0.5) is 5.69 Å². The first-order valence-electron chi connectivity index (χ1n) is 9.50. The van der Waals surface area contributed by atoms with Gasteiger partial charge >= 0.3 is 0 Å². The van der Waals surface area contributed by atoms with E-state index >= 15 is 0 Å². The van der Waals surface area contributed by atoms with Crippen LogP contribution >= 0.6 is 11.6 Å². The molecule has 0 bridgehead atoms. The van der Waals surface area contributed by atoms with Crippen LogP contribution in [0.1, 0.15) is 21.5 Å². The molecule has 1 N–H and O–H groups in total. The topological polar surface area (TPSA) is 75.7 Å². The Labute approximate surface area is 187 Å². The lowest BCUT2D eigenvalue weighted by Crippen LogP contribution is -2.28. The first kappa shape index (κ1) is 22.7. The summed E-state index contributed by atoms with van der Waals surface area (Å²) in [6.07, 6.45) is 0. The van der Waals surface area contributed by atoms with Crippen molar-refractivity contribution < 1.29 is 17.9 Å². The number of nitrogens with zero attached hydrogens (tertiary/aromatic N) is 1. The summed E-state index contributed by atoms with van der Waals surface area (Å²) < 4.78 is 32.9. The average molecular weight is 459 g/mol. The Balaban J connectivity index is 1.89. The van der Waals surface area contributed by atoms with Crippen molar-refractivity contribution in [3.05, 3.63) is 88.4 Å². The standard InChI is InChI=1S/C23H23ClN2O4S/c1-16-12-13-18(31(28,29)26(2)21-10-6-7-11-22(21)30-3)14-19(16)23(27)25-15-17-8-4-5-9-20(17)24/h4-14H,15H2,1-3H3,(H,25,27). The zero-order valence-electron chi connectivity index (χ0n) is 17.4. The van der Waals surface area contributed by atoms with Gasteiger partial charge in [-0.3, -0.25) is 9.10 Å². The van der Waals surface area contributed by atoms with Crippen molar-refractivity contribution >= 4 is 33.2 Å². The number of carbonyl (C=O) groups excluding carboxylic acids is 1. The van der Waals surface area contributed by atoms with E-state index in [1.165, 1.54) is 26.3 Å². The summed E-state index contributed by atoms with van der Waals surface area (Å²) in [5.74, 6) is 0.0489. The summed E-state index contributed by atoms with van der Waals surface area (Å²) in [6.45, 7) is 1.99. The molecule has 3 aromatic carbocycles. The van der Waals surface area contributed by atoms with E-state index in [2.05, 4.69) is 5.32 Å². The highest BCUT2D eigenvalue weighted by Crippen LogP contribution is 2.31. The van der Waals surface area contributed by atoms with Gasteiger partial charge in [-0.25, -0.2) is 8.42 Å². The molecule has 31 heavy (non-hydrogen) atoms. The highest BCUT2D eigenvalue weighted by atomic mass is 35.5. The Morgan fingerprint density at radius 1 is 1.06 bits per heavy atom. The number of aryl methyl sites for hydroxylation is 1. The number of ether oxygens (including phenoxy) is 1. The second kappa shape index (κ2) is 9.41. The fraction of sp³-hybridized carbons (Fsp3) is 0.174. The van der Waals surface area contributed by atoms with E-state index in [4.69, 9.17) is 16.3 Å². The zero-order valence-corrected chi connectivity index (χ0v) is 19.0.